The molecule has 1 N–H and O–H groups in total. The van der Waals surface area contributed by atoms with E-state index in [2.05, 4.69) is 15.3 Å². The minimum Gasteiger partial charge on any atom is -0.493 e. The normalized spacial score (nSPS) is 15.6. The Hall–Kier alpha value is -3.81. The van der Waals surface area contributed by atoms with E-state index in [1.807, 2.05) is 48.5 Å². The molecule has 3 aromatic rings. The summed E-state index contributed by atoms with van der Waals surface area (Å²) < 4.78 is 12.1. The minimum absolute atomic E-state index is 0.00450. The second-order valence-electron chi connectivity index (χ2n) is 8.39. The molecule has 178 valence electrons. The summed E-state index contributed by atoms with van der Waals surface area (Å²) in [6.45, 7) is 2.19. The topological polar surface area (TPSA) is 85.7 Å². The first kappa shape index (κ1) is 23.4. The predicted octanol–water partition coefficient (Wildman–Crippen LogP) is 2.84. The first-order valence-corrected chi connectivity index (χ1v) is 11.4. The number of hydrogen-bond donors (Lipinski definition) is 1. The number of rotatable bonds is 8. The Bertz CT molecular complexity index is 1180. The third-order valence-corrected chi connectivity index (χ3v) is 6.10. The highest BCUT2D eigenvalue weighted by molar-refractivity contribution is 5.79. The second kappa shape index (κ2) is 10.9. The van der Waals surface area contributed by atoms with Crippen molar-refractivity contribution in [3.8, 4) is 11.5 Å². The molecule has 8 heteroatoms. The van der Waals surface area contributed by atoms with Crippen LogP contribution in [0.4, 0.5) is 5.69 Å². The van der Waals surface area contributed by atoms with Crippen molar-refractivity contribution in [2.24, 2.45) is 5.92 Å². The summed E-state index contributed by atoms with van der Waals surface area (Å²) in [5.41, 5.74) is 2.56. The largest absolute Gasteiger partial charge is 0.493 e. The van der Waals surface area contributed by atoms with Crippen molar-refractivity contribution in [1.29, 1.82) is 0 Å². The summed E-state index contributed by atoms with van der Waals surface area (Å²) in [5, 5.41) is 7.40. The second-order valence-corrected chi connectivity index (χ2v) is 8.39. The number of nitrogens with one attached hydrogen (secondary N) is 1. The van der Waals surface area contributed by atoms with E-state index in [1.165, 1.54) is 4.68 Å². The van der Waals surface area contributed by atoms with E-state index in [4.69, 9.17) is 9.47 Å². The fourth-order valence-corrected chi connectivity index (χ4v) is 4.22. The fourth-order valence-electron chi connectivity index (χ4n) is 4.22. The Morgan fingerprint density at radius 1 is 1.06 bits per heavy atom. The fraction of sp³-hybridized carbons (Fsp3) is 0.346. The van der Waals surface area contributed by atoms with Gasteiger partial charge in [-0.25, -0.2) is 4.68 Å². The maximum absolute atomic E-state index is 12.9. The van der Waals surface area contributed by atoms with Crippen LogP contribution in [-0.2, 0) is 17.9 Å². The summed E-state index contributed by atoms with van der Waals surface area (Å²) in [6.07, 6.45) is 3.41. The van der Waals surface area contributed by atoms with Crippen LogP contribution in [0.1, 0.15) is 24.0 Å². The van der Waals surface area contributed by atoms with Crippen LogP contribution in [0, 0.1) is 5.92 Å². The molecule has 1 amide bonds. The smallest absolute Gasteiger partial charge is 0.269 e. The van der Waals surface area contributed by atoms with E-state index in [0.717, 1.165) is 36.2 Å². The van der Waals surface area contributed by atoms with Gasteiger partial charge in [-0.2, -0.15) is 5.10 Å². The van der Waals surface area contributed by atoms with Gasteiger partial charge in [0, 0.05) is 25.7 Å². The van der Waals surface area contributed by atoms with Gasteiger partial charge >= 0.3 is 0 Å². The number of carbonyl (C=O) groups excluding carboxylic acids is 1. The zero-order valence-electron chi connectivity index (χ0n) is 19.6. The molecule has 1 fully saturated rings. The molecule has 1 unspecified atom stereocenters. The van der Waals surface area contributed by atoms with Crippen molar-refractivity contribution < 1.29 is 14.3 Å². The van der Waals surface area contributed by atoms with Crippen LogP contribution in [0.25, 0.3) is 0 Å². The number of piperidine rings is 1. The lowest BCUT2D eigenvalue weighted by atomic mass is 9.96. The Kier molecular flexibility index (Phi) is 7.47. The highest BCUT2D eigenvalue weighted by atomic mass is 16.5. The van der Waals surface area contributed by atoms with Crippen molar-refractivity contribution in [1.82, 2.24) is 15.1 Å². The van der Waals surface area contributed by atoms with Crippen molar-refractivity contribution in [2.75, 3.05) is 32.2 Å². The molecule has 2 heterocycles. The summed E-state index contributed by atoms with van der Waals surface area (Å²) in [7, 11) is 3.18. The highest BCUT2D eigenvalue weighted by Crippen LogP contribution is 2.27. The number of aromatic nitrogens is 2. The lowest BCUT2D eigenvalue weighted by Crippen LogP contribution is -2.43. The van der Waals surface area contributed by atoms with Gasteiger partial charge in [-0.05, 0) is 36.1 Å². The molecule has 1 atom stereocenters. The number of carbonyl (C=O) groups is 1. The van der Waals surface area contributed by atoms with E-state index in [0.29, 0.717) is 31.1 Å². The third kappa shape index (κ3) is 5.57. The highest BCUT2D eigenvalue weighted by Gasteiger charge is 2.26. The van der Waals surface area contributed by atoms with E-state index in [-0.39, 0.29) is 17.4 Å². The maximum Gasteiger partial charge on any atom is 0.269 e. The average molecular weight is 463 g/mol. The van der Waals surface area contributed by atoms with Crippen LogP contribution in [0.3, 0.4) is 0 Å². The molecular formula is C26H30N4O4. The number of methoxy groups -OCH3 is 2. The van der Waals surface area contributed by atoms with Gasteiger partial charge in [-0.3, -0.25) is 9.59 Å². The van der Waals surface area contributed by atoms with Crippen LogP contribution in [0.2, 0.25) is 0 Å². The van der Waals surface area contributed by atoms with Gasteiger partial charge in [0.05, 0.1) is 38.6 Å². The molecule has 1 aromatic heterocycles. The quantitative estimate of drug-likeness (QED) is 0.554. The summed E-state index contributed by atoms with van der Waals surface area (Å²) >= 11 is 0. The molecule has 34 heavy (non-hydrogen) atoms. The third-order valence-electron chi connectivity index (χ3n) is 6.10. The van der Waals surface area contributed by atoms with Crippen LogP contribution >= 0.6 is 0 Å². The number of anilines is 1. The monoisotopic (exact) mass is 462 g/mol. The summed E-state index contributed by atoms with van der Waals surface area (Å²) in [6, 6.07) is 17.0. The van der Waals surface area contributed by atoms with Gasteiger partial charge in [0.25, 0.3) is 5.56 Å². The van der Waals surface area contributed by atoms with E-state index in [1.54, 1.807) is 26.5 Å². The number of ether oxygens (including phenoxy) is 2. The summed E-state index contributed by atoms with van der Waals surface area (Å²) in [5.74, 6) is 1.14. The van der Waals surface area contributed by atoms with Gasteiger partial charge < -0.3 is 19.7 Å². The lowest BCUT2D eigenvalue weighted by Gasteiger charge is -2.33. The molecule has 0 aliphatic carbocycles. The first-order chi connectivity index (χ1) is 16.6. The molecule has 1 saturated heterocycles. The zero-order valence-corrected chi connectivity index (χ0v) is 19.6. The van der Waals surface area contributed by atoms with Crippen molar-refractivity contribution in [3.05, 3.63) is 82.3 Å². The SMILES string of the molecule is COc1ccc(CNC(=O)C2CCCN(c3cnn(Cc4ccccc4)c(=O)c3)C2)cc1OC. The van der Waals surface area contributed by atoms with Crippen LogP contribution in [-0.4, -0.2) is 43.0 Å². The van der Waals surface area contributed by atoms with Gasteiger partial charge in [0.1, 0.15) is 0 Å². The van der Waals surface area contributed by atoms with Crippen molar-refractivity contribution >= 4 is 11.6 Å². The van der Waals surface area contributed by atoms with E-state index < -0.39 is 0 Å². The number of hydrogen-bond acceptors (Lipinski definition) is 6. The Morgan fingerprint density at radius 2 is 1.85 bits per heavy atom. The van der Waals surface area contributed by atoms with Crippen molar-refractivity contribution in [3.63, 3.8) is 0 Å². The molecule has 0 bridgehead atoms. The minimum atomic E-state index is -0.152. The van der Waals surface area contributed by atoms with Gasteiger partial charge in [0.15, 0.2) is 11.5 Å². The van der Waals surface area contributed by atoms with Crippen molar-refractivity contribution in [2.45, 2.75) is 25.9 Å². The summed E-state index contributed by atoms with van der Waals surface area (Å²) in [4.78, 5) is 27.6. The van der Waals surface area contributed by atoms with Crippen LogP contribution in [0.5, 0.6) is 11.5 Å². The molecule has 2 aromatic carbocycles. The molecule has 1 aliphatic rings. The van der Waals surface area contributed by atoms with E-state index in [9.17, 15) is 9.59 Å². The Balaban J connectivity index is 1.37. The molecule has 0 radical (unpaired) electrons. The van der Waals surface area contributed by atoms with Crippen LogP contribution < -0.4 is 25.2 Å². The van der Waals surface area contributed by atoms with Gasteiger partial charge in [-0.1, -0.05) is 36.4 Å². The Morgan fingerprint density at radius 3 is 2.59 bits per heavy atom. The average Bonchev–Trinajstić information content (AvgIpc) is 2.89. The molecular weight excluding hydrogens is 432 g/mol. The van der Waals surface area contributed by atoms with Gasteiger partial charge in [-0.15, -0.1) is 0 Å². The molecule has 1 aliphatic heterocycles. The maximum atomic E-state index is 12.9. The lowest BCUT2D eigenvalue weighted by molar-refractivity contribution is -0.125. The molecule has 8 nitrogen and oxygen atoms in total. The van der Waals surface area contributed by atoms with Gasteiger partial charge in [0.2, 0.25) is 5.91 Å². The first-order valence-electron chi connectivity index (χ1n) is 11.4. The predicted molar refractivity (Wildman–Crippen MR) is 130 cm³/mol. The molecule has 0 spiro atoms. The molecule has 0 saturated carbocycles. The standard InChI is InChI=1S/C26H30N4O4/c1-33-23-11-10-20(13-24(23)34-2)15-27-26(32)21-9-6-12-29(18-21)22-14-25(31)30(28-16-22)17-19-7-4-3-5-8-19/h3-5,7-8,10-11,13-14,16,21H,6,9,12,15,17-18H2,1-2H3,(H,27,32). The number of nitrogens with zero attached hydrogens (tertiary/aromatic N) is 3. The number of amides is 1. The van der Waals surface area contributed by atoms with Crippen LogP contribution in [0.15, 0.2) is 65.6 Å². The number of benzene rings is 2. The molecule has 4 rings (SSSR count). The van der Waals surface area contributed by atoms with E-state index >= 15 is 0 Å². The zero-order chi connectivity index (χ0) is 23.9. The Labute approximate surface area is 199 Å².